The molecular formula is C19H20F2N2O4S. The van der Waals surface area contributed by atoms with Crippen molar-refractivity contribution in [1.29, 1.82) is 0 Å². The normalized spacial score (nSPS) is 14.8. The minimum absolute atomic E-state index is 0.0423. The number of nitrogens with one attached hydrogen (secondary N) is 1. The largest absolute Gasteiger partial charge is 0.492 e. The predicted octanol–water partition coefficient (Wildman–Crippen LogP) is 3.40. The van der Waals surface area contributed by atoms with Gasteiger partial charge in [-0.25, -0.2) is 17.2 Å². The molecule has 9 heteroatoms. The third-order valence-corrected chi connectivity index (χ3v) is 6.29. The Morgan fingerprint density at radius 1 is 1.11 bits per heavy atom. The third-order valence-electron chi connectivity index (χ3n) is 4.37. The van der Waals surface area contributed by atoms with E-state index in [1.165, 1.54) is 22.5 Å². The fourth-order valence-electron chi connectivity index (χ4n) is 2.97. The minimum atomic E-state index is -3.78. The van der Waals surface area contributed by atoms with Crippen LogP contribution in [0.25, 0.3) is 0 Å². The zero-order valence-electron chi connectivity index (χ0n) is 15.2. The highest BCUT2D eigenvalue weighted by Gasteiger charge is 2.30. The zero-order valence-corrected chi connectivity index (χ0v) is 16.1. The molecule has 0 aliphatic carbocycles. The lowest BCUT2D eigenvalue weighted by Gasteiger charge is -2.19. The van der Waals surface area contributed by atoms with Crippen molar-refractivity contribution in [2.45, 2.75) is 24.7 Å². The highest BCUT2D eigenvalue weighted by Crippen LogP contribution is 2.31. The summed E-state index contributed by atoms with van der Waals surface area (Å²) in [4.78, 5) is 12.3. The first-order valence-corrected chi connectivity index (χ1v) is 10.3. The molecule has 0 spiro atoms. The molecule has 1 heterocycles. The Morgan fingerprint density at radius 2 is 1.82 bits per heavy atom. The first-order chi connectivity index (χ1) is 13.3. The summed E-state index contributed by atoms with van der Waals surface area (Å²) in [6.45, 7) is 2.88. The molecule has 1 saturated heterocycles. The number of ether oxygens (including phenoxy) is 1. The van der Waals surface area contributed by atoms with Crippen LogP contribution in [-0.4, -0.2) is 38.3 Å². The van der Waals surface area contributed by atoms with Crippen molar-refractivity contribution >= 4 is 21.6 Å². The van der Waals surface area contributed by atoms with E-state index in [1.807, 2.05) is 0 Å². The smallest absolute Gasteiger partial charge is 0.255 e. The molecule has 1 amide bonds. The summed E-state index contributed by atoms with van der Waals surface area (Å²) in [5.41, 5.74) is 0.118. The number of halogens is 2. The first-order valence-electron chi connectivity index (χ1n) is 8.86. The number of carbonyl (C=O) groups is 1. The van der Waals surface area contributed by atoms with Crippen LogP contribution in [0.4, 0.5) is 14.5 Å². The van der Waals surface area contributed by atoms with Crippen LogP contribution >= 0.6 is 0 Å². The molecule has 0 atom stereocenters. The lowest BCUT2D eigenvalue weighted by Crippen LogP contribution is -2.28. The summed E-state index contributed by atoms with van der Waals surface area (Å²) in [5.74, 6) is -2.69. The fraction of sp³-hybridized carbons (Fsp3) is 0.316. The second-order valence-corrected chi connectivity index (χ2v) is 8.20. The molecule has 1 aliphatic heterocycles. The Hall–Kier alpha value is -2.52. The van der Waals surface area contributed by atoms with Gasteiger partial charge < -0.3 is 10.1 Å². The quantitative estimate of drug-likeness (QED) is 0.792. The van der Waals surface area contributed by atoms with Gasteiger partial charge in [-0.1, -0.05) is 0 Å². The second kappa shape index (κ2) is 8.24. The van der Waals surface area contributed by atoms with Gasteiger partial charge in [0.15, 0.2) is 11.6 Å². The van der Waals surface area contributed by atoms with Crippen LogP contribution in [0.5, 0.6) is 5.75 Å². The van der Waals surface area contributed by atoms with Gasteiger partial charge in [0.2, 0.25) is 10.0 Å². The first kappa shape index (κ1) is 20.2. The predicted molar refractivity (Wildman–Crippen MR) is 99.9 cm³/mol. The zero-order chi connectivity index (χ0) is 20.3. The lowest BCUT2D eigenvalue weighted by molar-refractivity contribution is 0.102. The van der Waals surface area contributed by atoms with Gasteiger partial charge in [0.1, 0.15) is 10.6 Å². The average Bonchev–Trinajstić information content (AvgIpc) is 3.21. The van der Waals surface area contributed by atoms with Crippen LogP contribution in [-0.2, 0) is 10.0 Å². The van der Waals surface area contributed by atoms with Crippen molar-refractivity contribution < 1.29 is 26.7 Å². The summed E-state index contributed by atoms with van der Waals surface area (Å²) in [7, 11) is -3.78. The molecule has 1 N–H and O–H groups in total. The molecule has 0 unspecified atom stereocenters. The van der Waals surface area contributed by atoms with E-state index >= 15 is 0 Å². The summed E-state index contributed by atoms with van der Waals surface area (Å²) < 4.78 is 59.2. The van der Waals surface area contributed by atoms with E-state index in [0.29, 0.717) is 13.1 Å². The van der Waals surface area contributed by atoms with Crippen LogP contribution in [0.3, 0.4) is 0 Å². The van der Waals surface area contributed by atoms with Gasteiger partial charge in [-0.3, -0.25) is 4.79 Å². The van der Waals surface area contributed by atoms with Crippen LogP contribution in [0.2, 0.25) is 0 Å². The molecule has 150 valence electrons. The number of hydrogen-bond acceptors (Lipinski definition) is 4. The van der Waals surface area contributed by atoms with Gasteiger partial charge in [-0.2, -0.15) is 4.31 Å². The molecule has 1 fully saturated rings. The van der Waals surface area contributed by atoms with E-state index < -0.39 is 27.6 Å². The van der Waals surface area contributed by atoms with Crippen molar-refractivity contribution in [3.63, 3.8) is 0 Å². The highest BCUT2D eigenvalue weighted by molar-refractivity contribution is 7.89. The number of amides is 1. The van der Waals surface area contributed by atoms with Crippen molar-refractivity contribution in [1.82, 2.24) is 4.31 Å². The summed E-state index contributed by atoms with van der Waals surface area (Å²) in [6, 6.07) is 7.05. The van der Waals surface area contributed by atoms with Crippen LogP contribution < -0.4 is 10.1 Å². The summed E-state index contributed by atoms with van der Waals surface area (Å²) in [5, 5.41) is 2.51. The summed E-state index contributed by atoms with van der Waals surface area (Å²) in [6.07, 6.45) is 1.57. The van der Waals surface area contributed by atoms with E-state index in [4.69, 9.17) is 4.74 Å². The van der Waals surface area contributed by atoms with Crippen LogP contribution in [0, 0.1) is 11.6 Å². The maximum Gasteiger partial charge on any atom is 0.255 e. The maximum atomic E-state index is 13.4. The third kappa shape index (κ3) is 4.15. The van der Waals surface area contributed by atoms with E-state index in [9.17, 15) is 22.0 Å². The Morgan fingerprint density at radius 3 is 2.46 bits per heavy atom. The standard InChI is InChI=1S/C19H20F2N2O4S/c1-2-27-17-8-6-14(12-18(17)28(25,26)23-9-3-4-10-23)22-19(24)13-5-7-15(20)16(21)11-13/h5-8,11-12H,2-4,9-10H2,1H3,(H,22,24). The average molecular weight is 410 g/mol. The minimum Gasteiger partial charge on any atom is -0.492 e. The molecule has 2 aromatic rings. The molecule has 3 rings (SSSR count). The summed E-state index contributed by atoms with van der Waals surface area (Å²) >= 11 is 0. The van der Waals surface area contributed by atoms with Gasteiger partial charge in [0.25, 0.3) is 5.91 Å². The van der Waals surface area contributed by atoms with Crippen molar-refractivity contribution in [3.8, 4) is 5.75 Å². The second-order valence-electron chi connectivity index (χ2n) is 6.29. The highest BCUT2D eigenvalue weighted by atomic mass is 32.2. The van der Waals surface area contributed by atoms with Crippen LogP contribution in [0.1, 0.15) is 30.1 Å². The van der Waals surface area contributed by atoms with Gasteiger partial charge in [-0.15, -0.1) is 0 Å². The lowest BCUT2D eigenvalue weighted by atomic mass is 10.2. The molecule has 0 aromatic heterocycles. The van der Waals surface area contributed by atoms with Gasteiger partial charge >= 0.3 is 0 Å². The Kier molecular flexibility index (Phi) is 5.95. The molecule has 0 radical (unpaired) electrons. The van der Waals surface area contributed by atoms with E-state index in [1.54, 1.807) is 6.92 Å². The number of hydrogen-bond donors (Lipinski definition) is 1. The maximum absolute atomic E-state index is 13.4. The molecular weight excluding hydrogens is 390 g/mol. The topological polar surface area (TPSA) is 75.7 Å². The van der Waals surface area contributed by atoms with Crippen molar-refractivity contribution in [2.24, 2.45) is 0 Å². The van der Waals surface area contributed by atoms with Crippen molar-refractivity contribution in [2.75, 3.05) is 25.0 Å². The molecule has 1 aliphatic rings. The molecule has 28 heavy (non-hydrogen) atoms. The molecule has 0 saturated carbocycles. The number of rotatable bonds is 6. The fourth-order valence-corrected chi connectivity index (χ4v) is 4.64. The SMILES string of the molecule is CCOc1ccc(NC(=O)c2ccc(F)c(F)c2)cc1S(=O)(=O)N1CCCC1. The van der Waals surface area contributed by atoms with Gasteiger partial charge in [-0.05, 0) is 56.2 Å². The number of nitrogens with zero attached hydrogens (tertiary/aromatic N) is 1. The number of carbonyl (C=O) groups excluding carboxylic acids is 1. The number of anilines is 1. The number of sulfonamides is 1. The Bertz CT molecular complexity index is 989. The molecule has 6 nitrogen and oxygen atoms in total. The van der Waals surface area contributed by atoms with Crippen LogP contribution in [0.15, 0.2) is 41.3 Å². The van der Waals surface area contributed by atoms with E-state index in [2.05, 4.69) is 5.32 Å². The van der Waals surface area contributed by atoms with E-state index in [-0.39, 0.29) is 28.5 Å². The van der Waals surface area contributed by atoms with Gasteiger partial charge in [0, 0.05) is 24.3 Å². The van der Waals surface area contributed by atoms with E-state index in [0.717, 1.165) is 31.0 Å². The molecule has 2 aromatic carbocycles. The molecule has 0 bridgehead atoms. The Labute approximate surface area is 162 Å². The van der Waals surface area contributed by atoms with Crippen molar-refractivity contribution in [3.05, 3.63) is 53.6 Å². The van der Waals surface area contributed by atoms with Gasteiger partial charge in [0.05, 0.1) is 6.61 Å². The monoisotopic (exact) mass is 410 g/mol. The number of benzene rings is 2. The Balaban J connectivity index is 1.92.